The normalized spacial score (nSPS) is 11.1. The number of halogens is 1. The maximum Gasteiger partial charge on any atom is 0.240 e. The van der Waals surface area contributed by atoms with Crippen molar-refractivity contribution in [1.82, 2.24) is 0 Å². The van der Waals surface area contributed by atoms with Crippen LogP contribution in [0.4, 0.5) is 11.4 Å². The molecule has 1 aromatic rings. The molecule has 0 aliphatic rings. The van der Waals surface area contributed by atoms with E-state index in [1.54, 1.807) is 6.07 Å². The number of anilines is 2. The largest absolute Gasteiger partial charge is 0.398 e. The molecule has 0 unspecified atom stereocenters. The summed E-state index contributed by atoms with van der Waals surface area (Å²) in [6.45, 7) is 4.18. The lowest BCUT2D eigenvalue weighted by Gasteiger charge is -2.08. The standard InChI is InChI=1S/C9H12BrN3O2S/c1-6(10)5-13-7-2-3-9(8(11)4-7)16(12,14)15/h2-4,13H,1,5,11H2,(H2,12,14,15). The molecule has 0 aliphatic heterocycles. The van der Waals surface area contributed by atoms with Gasteiger partial charge in [-0.1, -0.05) is 22.5 Å². The van der Waals surface area contributed by atoms with E-state index in [0.717, 1.165) is 4.48 Å². The highest BCUT2D eigenvalue weighted by Gasteiger charge is 2.11. The maximum atomic E-state index is 11.1. The predicted molar refractivity (Wildman–Crippen MR) is 68.8 cm³/mol. The molecule has 1 aromatic carbocycles. The Hall–Kier alpha value is -1.05. The molecular weight excluding hydrogens is 294 g/mol. The zero-order chi connectivity index (χ0) is 12.3. The Labute approximate surface area is 103 Å². The van der Waals surface area contributed by atoms with Gasteiger partial charge < -0.3 is 11.1 Å². The number of nitrogens with one attached hydrogen (secondary N) is 1. The third-order valence-electron chi connectivity index (χ3n) is 1.80. The monoisotopic (exact) mass is 305 g/mol. The van der Waals surface area contributed by atoms with Gasteiger partial charge in [0.15, 0.2) is 0 Å². The number of rotatable bonds is 4. The molecule has 0 spiro atoms. The first-order valence-electron chi connectivity index (χ1n) is 4.30. The Kier molecular flexibility index (Phi) is 3.95. The number of benzene rings is 1. The second-order valence-electron chi connectivity index (χ2n) is 3.17. The van der Waals surface area contributed by atoms with E-state index in [9.17, 15) is 8.42 Å². The summed E-state index contributed by atoms with van der Waals surface area (Å²) in [6.07, 6.45) is 0. The van der Waals surface area contributed by atoms with E-state index in [2.05, 4.69) is 27.8 Å². The number of hydrogen-bond donors (Lipinski definition) is 3. The SMILES string of the molecule is C=C(Br)CNc1ccc(S(N)(=O)=O)c(N)c1. The quantitative estimate of drug-likeness (QED) is 0.729. The lowest BCUT2D eigenvalue weighted by Crippen LogP contribution is -2.14. The molecule has 0 fully saturated rings. The Morgan fingerprint density at radius 1 is 1.50 bits per heavy atom. The van der Waals surface area contributed by atoms with Crippen LogP contribution in [-0.2, 0) is 10.0 Å². The van der Waals surface area contributed by atoms with Crippen molar-refractivity contribution < 1.29 is 8.42 Å². The molecule has 0 atom stereocenters. The van der Waals surface area contributed by atoms with Crippen LogP contribution in [0.3, 0.4) is 0 Å². The zero-order valence-electron chi connectivity index (χ0n) is 8.40. The van der Waals surface area contributed by atoms with Gasteiger partial charge in [0.2, 0.25) is 10.0 Å². The Balaban J connectivity index is 2.96. The van der Waals surface area contributed by atoms with Crippen LogP contribution < -0.4 is 16.2 Å². The summed E-state index contributed by atoms with van der Waals surface area (Å²) in [6, 6.07) is 4.46. The van der Waals surface area contributed by atoms with Gasteiger partial charge in [-0.25, -0.2) is 13.6 Å². The van der Waals surface area contributed by atoms with E-state index in [1.807, 2.05) is 0 Å². The molecule has 5 N–H and O–H groups in total. The number of hydrogen-bond acceptors (Lipinski definition) is 4. The van der Waals surface area contributed by atoms with Crippen molar-refractivity contribution >= 4 is 37.3 Å². The van der Waals surface area contributed by atoms with E-state index < -0.39 is 10.0 Å². The second-order valence-corrected chi connectivity index (χ2v) is 5.82. The lowest BCUT2D eigenvalue weighted by atomic mass is 10.3. The summed E-state index contributed by atoms with van der Waals surface area (Å²) in [5.74, 6) is 0. The minimum atomic E-state index is -3.76. The molecule has 0 aromatic heterocycles. The molecule has 88 valence electrons. The zero-order valence-corrected chi connectivity index (χ0v) is 10.8. The minimum absolute atomic E-state index is 0.0734. The Morgan fingerprint density at radius 2 is 2.12 bits per heavy atom. The summed E-state index contributed by atoms with van der Waals surface area (Å²) in [7, 11) is -3.76. The van der Waals surface area contributed by atoms with Gasteiger partial charge >= 0.3 is 0 Å². The third-order valence-corrected chi connectivity index (χ3v) is 3.07. The number of sulfonamides is 1. The topological polar surface area (TPSA) is 98.2 Å². The molecule has 0 heterocycles. The number of nitrogens with two attached hydrogens (primary N) is 2. The Morgan fingerprint density at radius 3 is 2.56 bits per heavy atom. The lowest BCUT2D eigenvalue weighted by molar-refractivity contribution is 0.598. The van der Waals surface area contributed by atoms with Crippen molar-refractivity contribution in [2.24, 2.45) is 5.14 Å². The average Bonchev–Trinajstić information content (AvgIpc) is 2.12. The van der Waals surface area contributed by atoms with Crippen LogP contribution in [0, 0.1) is 0 Å². The molecule has 0 amide bonds. The van der Waals surface area contributed by atoms with E-state index in [0.29, 0.717) is 12.2 Å². The first-order valence-corrected chi connectivity index (χ1v) is 6.64. The van der Waals surface area contributed by atoms with Crippen LogP contribution in [0.15, 0.2) is 34.2 Å². The fourth-order valence-corrected chi connectivity index (χ4v) is 1.90. The molecule has 7 heteroatoms. The number of primary sulfonamides is 1. The molecule has 1 rings (SSSR count). The van der Waals surface area contributed by atoms with Crippen LogP contribution in [0.1, 0.15) is 0 Å². The van der Waals surface area contributed by atoms with Crippen LogP contribution in [-0.4, -0.2) is 15.0 Å². The van der Waals surface area contributed by atoms with Gasteiger partial charge in [0.1, 0.15) is 4.90 Å². The summed E-state index contributed by atoms with van der Waals surface area (Å²) >= 11 is 3.19. The van der Waals surface area contributed by atoms with Crippen molar-refractivity contribution in [3.63, 3.8) is 0 Å². The molecule has 0 bridgehead atoms. The summed E-state index contributed by atoms with van der Waals surface area (Å²) in [5.41, 5.74) is 6.40. The Bertz CT molecular complexity index is 513. The van der Waals surface area contributed by atoms with E-state index >= 15 is 0 Å². The van der Waals surface area contributed by atoms with Crippen LogP contribution >= 0.6 is 15.9 Å². The van der Waals surface area contributed by atoms with Gasteiger partial charge in [0.25, 0.3) is 0 Å². The van der Waals surface area contributed by atoms with Crippen LogP contribution in [0.5, 0.6) is 0 Å². The molecule has 16 heavy (non-hydrogen) atoms. The first-order chi connectivity index (χ1) is 7.30. The number of nitrogen functional groups attached to an aromatic ring is 1. The molecule has 0 aliphatic carbocycles. The van der Waals surface area contributed by atoms with Gasteiger partial charge in [-0.3, -0.25) is 0 Å². The van der Waals surface area contributed by atoms with Gasteiger partial charge in [0, 0.05) is 16.7 Å². The second kappa shape index (κ2) is 4.86. The molecule has 0 saturated carbocycles. The van der Waals surface area contributed by atoms with Crippen molar-refractivity contribution in [3.8, 4) is 0 Å². The van der Waals surface area contributed by atoms with E-state index in [-0.39, 0.29) is 10.6 Å². The van der Waals surface area contributed by atoms with E-state index in [1.165, 1.54) is 12.1 Å². The third kappa shape index (κ3) is 3.51. The summed E-state index contributed by atoms with van der Waals surface area (Å²) in [5, 5.41) is 7.98. The van der Waals surface area contributed by atoms with Crippen molar-refractivity contribution in [2.45, 2.75) is 4.90 Å². The summed E-state index contributed by atoms with van der Waals surface area (Å²) in [4.78, 5) is -0.0734. The first kappa shape index (κ1) is 13.0. The fourth-order valence-electron chi connectivity index (χ4n) is 1.12. The minimum Gasteiger partial charge on any atom is -0.398 e. The van der Waals surface area contributed by atoms with Gasteiger partial charge in [-0.2, -0.15) is 0 Å². The van der Waals surface area contributed by atoms with Crippen molar-refractivity contribution in [2.75, 3.05) is 17.6 Å². The molecule has 0 saturated heterocycles. The van der Waals surface area contributed by atoms with Gasteiger partial charge in [-0.15, -0.1) is 0 Å². The highest BCUT2D eigenvalue weighted by molar-refractivity contribution is 9.11. The summed E-state index contributed by atoms with van der Waals surface area (Å²) < 4.78 is 23.0. The fraction of sp³-hybridized carbons (Fsp3) is 0.111. The highest BCUT2D eigenvalue weighted by Crippen LogP contribution is 2.21. The average molecular weight is 306 g/mol. The van der Waals surface area contributed by atoms with Crippen molar-refractivity contribution in [1.29, 1.82) is 0 Å². The molecule has 0 radical (unpaired) electrons. The van der Waals surface area contributed by atoms with E-state index in [4.69, 9.17) is 10.9 Å². The van der Waals surface area contributed by atoms with Gasteiger partial charge in [0.05, 0.1) is 5.69 Å². The highest BCUT2D eigenvalue weighted by atomic mass is 79.9. The van der Waals surface area contributed by atoms with Crippen LogP contribution in [0.2, 0.25) is 0 Å². The smallest absolute Gasteiger partial charge is 0.240 e. The van der Waals surface area contributed by atoms with Crippen molar-refractivity contribution in [3.05, 3.63) is 29.3 Å². The predicted octanol–water partition coefficient (Wildman–Crippen LogP) is 1.24. The maximum absolute atomic E-state index is 11.1. The van der Waals surface area contributed by atoms with Crippen LogP contribution in [0.25, 0.3) is 0 Å². The molecule has 5 nitrogen and oxygen atoms in total. The van der Waals surface area contributed by atoms with Gasteiger partial charge in [-0.05, 0) is 18.2 Å². The molecular formula is C9H12BrN3O2S.